The molecule has 7 nitrogen and oxygen atoms in total. The molecule has 31 heavy (non-hydrogen) atoms. The van der Waals surface area contributed by atoms with Gasteiger partial charge in [-0.3, -0.25) is 9.59 Å². The van der Waals surface area contributed by atoms with E-state index in [9.17, 15) is 9.59 Å². The Labute approximate surface area is 183 Å². The lowest BCUT2D eigenvalue weighted by atomic mass is 10.1. The molecule has 1 aliphatic heterocycles. The molecule has 1 fully saturated rings. The van der Waals surface area contributed by atoms with Crippen LogP contribution in [-0.2, 0) is 9.53 Å². The van der Waals surface area contributed by atoms with E-state index in [1.807, 2.05) is 24.3 Å². The molecule has 2 amide bonds. The standard InChI is InChI=1S/C24H31N3O4/c1-2-3-13-31-22-12-5-4-11-21(22)25-17-23(28)27-19-9-6-8-18(15-19)24(29)26-16-20-10-7-14-30-20/h4-6,8-9,11-12,15,20,25H,2-3,7,10,13-14,16-17H2,1H3,(H,26,29)(H,27,28). The lowest BCUT2D eigenvalue weighted by molar-refractivity contribution is -0.114. The van der Waals surface area contributed by atoms with Gasteiger partial charge in [-0.2, -0.15) is 0 Å². The molecule has 1 aliphatic rings. The van der Waals surface area contributed by atoms with E-state index in [1.54, 1.807) is 24.3 Å². The van der Waals surface area contributed by atoms with E-state index in [2.05, 4.69) is 22.9 Å². The zero-order valence-electron chi connectivity index (χ0n) is 18.0. The Morgan fingerprint density at radius 3 is 2.84 bits per heavy atom. The fraction of sp³-hybridized carbons (Fsp3) is 0.417. The van der Waals surface area contributed by atoms with Gasteiger partial charge in [-0.25, -0.2) is 0 Å². The highest BCUT2D eigenvalue weighted by atomic mass is 16.5. The van der Waals surface area contributed by atoms with Crippen LogP contribution in [0.4, 0.5) is 11.4 Å². The fourth-order valence-electron chi connectivity index (χ4n) is 3.30. The van der Waals surface area contributed by atoms with Crippen molar-refractivity contribution in [3.63, 3.8) is 0 Å². The SMILES string of the molecule is CCCCOc1ccccc1NCC(=O)Nc1cccc(C(=O)NCC2CCCO2)c1. The highest BCUT2D eigenvalue weighted by Crippen LogP contribution is 2.23. The van der Waals surface area contributed by atoms with Crippen LogP contribution >= 0.6 is 0 Å². The highest BCUT2D eigenvalue weighted by Gasteiger charge is 2.17. The zero-order chi connectivity index (χ0) is 21.9. The van der Waals surface area contributed by atoms with E-state index < -0.39 is 0 Å². The van der Waals surface area contributed by atoms with Crippen LogP contribution in [0.2, 0.25) is 0 Å². The summed E-state index contributed by atoms with van der Waals surface area (Å²) in [4.78, 5) is 24.8. The van der Waals surface area contributed by atoms with E-state index in [0.29, 0.717) is 24.4 Å². The van der Waals surface area contributed by atoms with Gasteiger partial charge in [0, 0.05) is 24.4 Å². The molecule has 1 saturated heterocycles. The summed E-state index contributed by atoms with van der Waals surface area (Å²) in [7, 11) is 0. The van der Waals surface area contributed by atoms with E-state index >= 15 is 0 Å². The number of carbonyl (C=O) groups is 2. The molecule has 0 radical (unpaired) electrons. The predicted octanol–water partition coefficient (Wildman–Crippen LogP) is 3.82. The van der Waals surface area contributed by atoms with Gasteiger partial charge in [0.1, 0.15) is 5.75 Å². The number of benzene rings is 2. The number of hydrogen-bond acceptors (Lipinski definition) is 5. The maximum absolute atomic E-state index is 12.4. The number of nitrogens with one attached hydrogen (secondary N) is 3. The van der Waals surface area contributed by atoms with Gasteiger partial charge >= 0.3 is 0 Å². The van der Waals surface area contributed by atoms with E-state index in [1.165, 1.54) is 0 Å². The minimum atomic E-state index is -0.208. The van der Waals surface area contributed by atoms with Crippen LogP contribution in [0.5, 0.6) is 5.75 Å². The zero-order valence-corrected chi connectivity index (χ0v) is 18.0. The minimum Gasteiger partial charge on any atom is -0.491 e. The molecule has 1 unspecified atom stereocenters. The smallest absolute Gasteiger partial charge is 0.251 e. The Morgan fingerprint density at radius 2 is 2.03 bits per heavy atom. The Morgan fingerprint density at radius 1 is 1.16 bits per heavy atom. The molecule has 0 spiro atoms. The number of para-hydroxylation sites is 2. The van der Waals surface area contributed by atoms with Crippen LogP contribution in [0, 0.1) is 0 Å². The first-order valence-electron chi connectivity index (χ1n) is 10.9. The van der Waals surface area contributed by atoms with E-state index in [4.69, 9.17) is 9.47 Å². The number of carbonyl (C=O) groups excluding carboxylic acids is 2. The summed E-state index contributed by atoms with van der Waals surface area (Å²) >= 11 is 0. The number of unbranched alkanes of at least 4 members (excludes halogenated alkanes) is 1. The van der Waals surface area contributed by atoms with Crippen molar-refractivity contribution in [3.8, 4) is 5.75 Å². The molecule has 2 aromatic carbocycles. The van der Waals surface area contributed by atoms with Gasteiger partial charge in [0.05, 0.1) is 24.9 Å². The first-order chi connectivity index (χ1) is 15.2. The molecular weight excluding hydrogens is 394 g/mol. The van der Waals surface area contributed by atoms with E-state index in [-0.39, 0.29) is 24.5 Å². The van der Waals surface area contributed by atoms with Gasteiger partial charge in [-0.15, -0.1) is 0 Å². The molecule has 2 aromatic rings. The Bertz CT molecular complexity index is 865. The number of hydrogen-bond donors (Lipinski definition) is 3. The second-order valence-electron chi connectivity index (χ2n) is 7.53. The molecule has 1 atom stereocenters. The van der Waals surface area contributed by atoms with E-state index in [0.717, 1.165) is 43.7 Å². The number of amides is 2. The summed E-state index contributed by atoms with van der Waals surface area (Å²) in [5, 5.41) is 8.84. The molecule has 7 heteroatoms. The average molecular weight is 426 g/mol. The molecule has 0 aromatic heterocycles. The maximum atomic E-state index is 12.4. The Hall–Kier alpha value is -3.06. The normalized spacial score (nSPS) is 15.3. The quantitative estimate of drug-likeness (QED) is 0.476. The molecule has 0 bridgehead atoms. The highest BCUT2D eigenvalue weighted by molar-refractivity contribution is 5.98. The van der Waals surface area contributed by atoms with Crippen molar-refractivity contribution in [3.05, 3.63) is 54.1 Å². The average Bonchev–Trinajstić information content (AvgIpc) is 3.31. The van der Waals surface area contributed by atoms with Crippen molar-refractivity contribution < 1.29 is 19.1 Å². The lowest BCUT2D eigenvalue weighted by Gasteiger charge is -2.13. The van der Waals surface area contributed by atoms with Gasteiger partial charge in [0.15, 0.2) is 0 Å². The summed E-state index contributed by atoms with van der Waals surface area (Å²) in [5.74, 6) is 0.344. The fourth-order valence-corrected chi connectivity index (χ4v) is 3.30. The third kappa shape index (κ3) is 7.29. The number of rotatable bonds is 11. The van der Waals surface area contributed by atoms with Gasteiger partial charge in [-0.1, -0.05) is 31.5 Å². The van der Waals surface area contributed by atoms with Gasteiger partial charge in [0.2, 0.25) is 5.91 Å². The van der Waals surface area contributed by atoms with Crippen molar-refractivity contribution in [1.29, 1.82) is 0 Å². The lowest BCUT2D eigenvalue weighted by Crippen LogP contribution is -2.31. The third-order valence-electron chi connectivity index (χ3n) is 5.00. The topological polar surface area (TPSA) is 88.7 Å². The Kier molecular flexibility index (Phi) is 8.72. The number of anilines is 2. The predicted molar refractivity (Wildman–Crippen MR) is 122 cm³/mol. The van der Waals surface area contributed by atoms with Crippen LogP contribution in [0.15, 0.2) is 48.5 Å². The number of ether oxygens (including phenoxy) is 2. The molecule has 0 aliphatic carbocycles. The molecule has 0 saturated carbocycles. The third-order valence-corrected chi connectivity index (χ3v) is 5.00. The second kappa shape index (κ2) is 12.0. The summed E-state index contributed by atoms with van der Waals surface area (Å²) < 4.78 is 11.3. The van der Waals surface area contributed by atoms with Crippen molar-refractivity contribution >= 4 is 23.2 Å². The molecule has 3 rings (SSSR count). The summed E-state index contributed by atoms with van der Waals surface area (Å²) in [5.41, 5.74) is 1.85. The van der Waals surface area contributed by atoms with Crippen LogP contribution < -0.4 is 20.7 Å². The van der Waals surface area contributed by atoms with Crippen LogP contribution in [-0.4, -0.2) is 44.2 Å². The van der Waals surface area contributed by atoms with Gasteiger partial charge in [-0.05, 0) is 49.6 Å². The van der Waals surface area contributed by atoms with Crippen molar-refractivity contribution in [1.82, 2.24) is 5.32 Å². The maximum Gasteiger partial charge on any atom is 0.251 e. The van der Waals surface area contributed by atoms with Gasteiger partial charge < -0.3 is 25.4 Å². The largest absolute Gasteiger partial charge is 0.491 e. The van der Waals surface area contributed by atoms with Crippen LogP contribution in [0.1, 0.15) is 43.0 Å². The first kappa shape index (κ1) is 22.6. The summed E-state index contributed by atoms with van der Waals surface area (Å²) in [6.07, 6.45) is 4.13. The molecule has 1 heterocycles. The minimum absolute atomic E-state index is 0.0869. The van der Waals surface area contributed by atoms with Crippen molar-refractivity contribution in [2.45, 2.75) is 38.7 Å². The first-order valence-corrected chi connectivity index (χ1v) is 10.9. The van der Waals surface area contributed by atoms with Gasteiger partial charge in [0.25, 0.3) is 5.91 Å². The second-order valence-corrected chi connectivity index (χ2v) is 7.53. The molecule has 166 valence electrons. The van der Waals surface area contributed by atoms with Crippen LogP contribution in [0.3, 0.4) is 0 Å². The summed E-state index contributed by atoms with van der Waals surface area (Å²) in [6.45, 7) is 4.09. The Balaban J connectivity index is 1.49. The summed E-state index contributed by atoms with van der Waals surface area (Å²) in [6, 6.07) is 14.5. The molecule has 3 N–H and O–H groups in total. The van der Waals surface area contributed by atoms with Crippen molar-refractivity contribution in [2.24, 2.45) is 0 Å². The van der Waals surface area contributed by atoms with Crippen molar-refractivity contribution in [2.75, 3.05) is 36.9 Å². The monoisotopic (exact) mass is 425 g/mol. The van der Waals surface area contributed by atoms with Crippen LogP contribution in [0.25, 0.3) is 0 Å². The molecular formula is C24H31N3O4.